The van der Waals surface area contributed by atoms with Gasteiger partial charge in [-0.05, 0) is 71.0 Å². The number of nitrogens with zero attached hydrogens (tertiary/aromatic N) is 1. The summed E-state index contributed by atoms with van der Waals surface area (Å²) in [6, 6.07) is 44.1. The minimum absolute atomic E-state index is 0.0694. The van der Waals surface area contributed by atoms with Gasteiger partial charge in [-0.2, -0.15) is 0 Å². The maximum absolute atomic E-state index is 14.5. The number of aryl methyl sites for hydroxylation is 1. The van der Waals surface area contributed by atoms with E-state index in [1.165, 1.54) is 5.56 Å². The van der Waals surface area contributed by atoms with Gasteiger partial charge >= 0.3 is 0 Å². The second kappa shape index (κ2) is 16.6. The molecule has 1 amide bonds. The van der Waals surface area contributed by atoms with Gasteiger partial charge in [-0.15, -0.1) is 0 Å². The number of benzene rings is 5. The zero-order chi connectivity index (χ0) is 33.9. The van der Waals surface area contributed by atoms with E-state index in [9.17, 15) is 4.79 Å². The molecule has 3 N–H and O–H groups in total. The van der Waals surface area contributed by atoms with Crippen LogP contribution in [0.25, 0.3) is 11.1 Å². The first-order valence-corrected chi connectivity index (χ1v) is 17.4. The van der Waals surface area contributed by atoms with Gasteiger partial charge in [-0.25, -0.2) is 10.4 Å². The van der Waals surface area contributed by atoms with Gasteiger partial charge in [0.1, 0.15) is 5.75 Å². The lowest BCUT2D eigenvalue weighted by Gasteiger charge is -2.31. The van der Waals surface area contributed by atoms with Crippen molar-refractivity contribution in [1.29, 1.82) is 0 Å². The van der Waals surface area contributed by atoms with Crippen LogP contribution in [-0.4, -0.2) is 42.2 Å². The van der Waals surface area contributed by atoms with Gasteiger partial charge in [0.2, 0.25) is 5.90 Å². The van der Waals surface area contributed by atoms with E-state index in [0.717, 1.165) is 45.1 Å². The summed E-state index contributed by atoms with van der Waals surface area (Å²) in [5.41, 5.74) is 10.8. The summed E-state index contributed by atoms with van der Waals surface area (Å²) >= 11 is 3.71. The average Bonchev–Trinajstić information content (AvgIpc) is 3.54. The Bertz CT molecular complexity index is 1830. The third-order valence-electron chi connectivity index (χ3n) is 8.58. The van der Waals surface area contributed by atoms with Gasteiger partial charge < -0.3 is 14.6 Å². The quantitative estimate of drug-likeness (QED) is 0.0766. The van der Waals surface area contributed by atoms with Crippen LogP contribution in [0.2, 0.25) is 0 Å². The summed E-state index contributed by atoms with van der Waals surface area (Å²) in [4.78, 5) is 19.7. The van der Waals surface area contributed by atoms with E-state index < -0.39 is 11.6 Å². The lowest BCUT2D eigenvalue weighted by molar-refractivity contribution is -0.130. The van der Waals surface area contributed by atoms with Gasteiger partial charge in [0.15, 0.2) is 11.6 Å². The Balaban J connectivity index is 1.33. The first kappa shape index (κ1) is 34.1. The number of halogens is 1. The van der Waals surface area contributed by atoms with E-state index in [1.54, 1.807) is 0 Å². The zero-order valence-electron chi connectivity index (χ0n) is 27.2. The lowest BCUT2D eigenvalue weighted by Crippen LogP contribution is -2.54. The van der Waals surface area contributed by atoms with Crippen LogP contribution in [0.4, 0.5) is 0 Å². The first-order valence-electron chi connectivity index (χ1n) is 16.6. The minimum atomic E-state index is -1.34. The Morgan fingerprint density at radius 1 is 0.796 bits per heavy atom. The molecule has 1 heterocycles. The van der Waals surface area contributed by atoms with Crippen molar-refractivity contribution in [2.24, 2.45) is 4.99 Å². The summed E-state index contributed by atoms with van der Waals surface area (Å²) in [6.45, 7) is 1.08. The van der Waals surface area contributed by atoms with Crippen molar-refractivity contribution in [1.82, 2.24) is 10.9 Å². The molecule has 49 heavy (non-hydrogen) atoms. The molecule has 0 aliphatic carbocycles. The molecular formula is C41H40BrN3O4. The van der Waals surface area contributed by atoms with Crippen LogP contribution in [0.5, 0.6) is 5.75 Å². The highest BCUT2D eigenvalue weighted by Gasteiger charge is 2.53. The van der Waals surface area contributed by atoms with Crippen LogP contribution in [0.1, 0.15) is 41.2 Å². The van der Waals surface area contributed by atoms with E-state index in [2.05, 4.69) is 63.2 Å². The normalized spacial score (nSPS) is 16.9. The van der Waals surface area contributed by atoms with Crippen molar-refractivity contribution < 1.29 is 19.4 Å². The molecule has 0 spiro atoms. The molecule has 0 radical (unpaired) electrons. The van der Waals surface area contributed by atoms with Crippen molar-refractivity contribution in [3.8, 4) is 16.9 Å². The maximum atomic E-state index is 14.5. The Morgan fingerprint density at radius 2 is 1.45 bits per heavy atom. The number of aliphatic imine (C=N–C) groups is 1. The van der Waals surface area contributed by atoms with Crippen LogP contribution in [0.3, 0.4) is 0 Å². The largest absolute Gasteiger partial charge is 0.494 e. The summed E-state index contributed by atoms with van der Waals surface area (Å²) in [6.07, 6.45) is 1.88. The SMILES string of the molecule is O=C(NNCCCc1ccccc1)[C@@]1(Cc2ccccc2Br)N=C(c2ccc(OCCCO)cc2)O[C@H]1c1ccc(-c2ccccc2)cc1. The third kappa shape index (κ3) is 8.46. The molecule has 0 fully saturated rings. The summed E-state index contributed by atoms with van der Waals surface area (Å²) in [5, 5.41) is 9.12. The Morgan fingerprint density at radius 3 is 2.16 bits per heavy atom. The van der Waals surface area contributed by atoms with Gasteiger partial charge in [0.25, 0.3) is 5.91 Å². The second-order valence-corrected chi connectivity index (χ2v) is 12.9. The number of nitrogens with one attached hydrogen (secondary N) is 2. The number of aliphatic hydroxyl groups is 1. The highest BCUT2D eigenvalue weighted by molar-refractivity contribution is 9.10. The first-order chi connectivity index (χ1) is 24.1. The van der Waals surface area contributed by atoms with Gasteiger partial charge in [-0.1, -0.05) is 119 Å². The average molecular weight is 719 g/mol. The van der Waals surface area contributed by atoms with Crippen molar-refractivity contribution in [2.75, 3.05) is 19.8 Å². The molecule has 250 valence electrons. The zero-order valence-corrected chi connectivity index (χ0v) is 28.8. The summed E-state index contributed by atoms with van der Waals surface area (Å²) < 4.78 is 13.4. The maximum Gasteiger partial charge on any atom is 0.266 e. The van der Waals surface area contributed by atoms with Crippen LogP contribution in [-0.2, 0) is 22.4 Å². The molecule has 0 bridgehead atoms. The second-order valence-electron chi connectivity index (χ2n) is 12.0. The van der Waals surface area contributed by atoms with Gasteiger partial charge in [0.05, 0.1) is 6.61 Å². The number of hydrogen-bond donors (Lipinski definition) is 3. The van der Waals surface area contributed by atoms with Crippen molar-refractivity contribution in [2.45, 2.75) is 37.3 Å². The molecule has 1 aliphatic heterocycles. The van der Waals surface area contributed by atoms with Gasteiger partial charge in [0, 0.05) is 36.0 Å². The fourth-order valence-corrected chi connectivity index (χ4v) is 6.40. The molecule has 0 aromatic heterocycles. The number of aliphatic hydroxyl groups excluding tert-OH is 1. The van der Waals surface area contributed by atoms with E-state index in [-0.39, 0.29) is 12.5 Å². The molecule has 5 aromatic rings. The van der Waals surface area contributed by atoms with Crippen LogP contribution in [0, 0.1) is 0 Å². The fraction of sp³-hybridized carbons (Fsp3) is 0.220. The fourth-order valence-electron chi connectivity index (χ4n) is 5.97. The Hall–Kier alpha value is -4.76. The molecule has 8 heteroatoms. The number of amides is 1. The van der Waals surface area contributed by atoms with E-state index in [4.69, 9.17) is 19.6 Å². The number of carbonyl (C=O) groups is 1. The molecule has 1 aliphatic rings. The number of hydrogen-bond acceptors (Lipinski definition) is 6. The molecule has 6 rings (SSSR count). The smallest absolute Gasteiger partial charge is 0.266 e. The molecule has 0 unspecified atom stereocenters. The Kier molecular flexibility index (Phi) is 11.5. The lowest BCUT2D eigenvalue weighted by atomic mass is 9.82. The predicted molar refractivity (Wildman–Crippen MR) is 197 cm³/mol. The highest BCUT2D eigenvalue weighted by Crippen LogP contribution is 2.43. The van der Waals surface area contributed by atoms with Crippen molar-refractivity contribution in [3.63, 3.8) is 0 Å². The van der Waals surface area contributed by atoms with Crippen LogP contribution in [0.15, 0.2) is 143 Å². The van der Waals surface area contributed by atoms with E-state index in [1.807, 2.05) is 97.1 Å². The third-order valence-corrected chi connectivity index (χ3v) is 9.35. The minimum Gasteiger partial charge on any atom is -0.494 e. The topological polar surface area (TPSA) is 92.2 Å². The standard InChI is InChI=1S/C41H40BrN3O4/c42-37-17-8-7-16-35(37)29-41(40(47)45-43-26-9-13-30-11-3-1-4-12-30)38(33-20-18-32(19-21-33)31-14-5-2-6-15-31)49-39(44-41)34-22-24-36(25-23-34)48-28-10-27-46/h1-8,11-12,14-25,38,43,46H,9-10,13,26-29H2,(H,45,47)/t38-,41-/m0/s1. The number of carbonyl (C=O) groups excluding carboxylic acids is 1. The molecule has 0 saturated carbocycles. The van der Waals surface area contributed by atoms with Crippen LogP contribution < -0.4 is 15.6 Å². The molecule has 5 aromatic carbocycles. The molecule has 0 saturated heterocycles. The number of hydrazine groups is 1. The monoisotopic (exact) mass is 717 g/mol. The van der Waals surface area contributed by atoms with Crippen molar-refractivity contribution >= 4 is 27.7 Å². The van der Waals surface area contributed by atoms with E-state index in [0.29, 0.717) is 37.6 Å². The molecular weight excluding hydrogens is 678 g/mol. The highest BCUT2D eigenvalue weighted by atomic mass is 79.9. The number of ether oxygens (including phenoxy) is 2. The Labute approximate surface area is 296 Å². The van der Waals surface area contributed by atoms with Crippen LogP contribution >= 0.6 is 15.9 Å². The van der Waals surface area contributed by atoms with Gasteiger partial charge in [-0.3, -0.25) is 10.2 Å². The number of rotatable bonds is 15. The molecule has 2 atom stereocenters. The van der Waals surface area contributed by atoms with Crippen molar-refractivity contribution in [3.05, 3.63) is 160 Å². The molecule has 7 nitrogen and oxygen atoms in total. The summed E-state index contributed by atoms with van der Waals surface area (Å²) in [5.74, 6) is 0.783. The van der Waals surface area contributed by atoms with E-state index >= 15 is 0 Å². The predicted octanol–water partition coefficient (Wildman–Crippen LogP) is 7.63. The summed E-state index contributed by atoms with van der Waals surface area (Å²) in [7, 11) is 0.